The van der Waals surface area contributed by atoms with Gasteiger partial charge in [-0.25, -0.2) is 9.97 Å². The molecule has 4 heterocycles. The van der Waals surface area contributed by atoms with E-state index in [9.17, 15) is 0 Å². The van der Waals surface area contributed by atoms with Gasteiger partial charge in [0, 0.05) is 18.5 Å². The number of rotatable bonds is 5. The molecule has 8 heteroatoms. The zero-order valence-electron chi connectivity index (χ0n) is 13.7. The zero-order chi connectivity index (χ0) is 16.7. The molecule has 0 bridgehead atoms. The van der Waals surface area contributed by atoms with Crippen molar-refractivity contribution < 1.29 is 9.15 Å². The number of fused-ring (bicyclic) bond motifs is 3. The molecule has 0 spiro atoms. The predicted molar refractivity (Wildman–Crippen MR) is 93.7 cm³/mol. The van der Waals surface area contributed by atoms with Gasteiger partial charge in [0.1, 0.15) is 4.83 Å². The Bertz CT molecular complexity index is 1000. The normalized spacial score (nSPS) is 11.6. The zero-order valence-corrected chi connectivity index (χ0v) is 14.5. The summed E-state index contributed by atoms with van der Waals surface area (Å²) < 4.78 is 12.3. The highest BCUT2D eigenvalue weighted by Crippen LogP contribution is 2.33. The smallest absolute Gasteiger partial charge is 0.227 e. The molecule has 0 fully saturated rings. The molecule has 0 saturated heterocycles. The molecule has 0 aliphatic carbocycles. The predicted octanol–water partition coefficient (Wildman–Crippen LogP) is 3.27. The highest BCUT2D eigenvalue weighted by atomic mass is 32.1. The van der Waals surface area contributed by atoms with Gasteiger partial charge in [-0.15, -0.1) is 16.4 Å². The fourth-order valence-electron chi connectivity index (χ4n) is 2.61. The second kappa shape index (κ2) is 5.88. The molecule has 7 nitrogen and oxygen atoms in total. The molecule has 0 aliphatic rings. The highest BCUT2D eigenvalue weighted by Gasteiger charge is 2.19. The Balaban J connectivity index is 1.95. The Labute approximate surface area is 142 Å². The van der Waals surface area contributed by atoms with Crippen LogP contribution in [-0.4, -0.2) is 39.8 Å². The third-order valence-electron chi connectivity index (χ3n) is 3.94. The molecule has 4 rings (SSSR count). The quantitative estimate of drug-likeness (QED) is 0.560. The SMILES string of the molecule is COCCNc1nc2sc(C)c(C)c2c2nc(-c3ccco3)nn12. The van der Waals surface area contributed by atoms with Crippen molar-refractivity contribution in [2.75, 3.05) is 25.6 Å². The highest BCUT2D eigenvalue weighted by molar-refractivity contribution is 7.18. The van der Waals surface area contributed by atoms with Crippen LogP contribution in [0.1, 0.15) is 10.4 Å². The average Bonchev–Trinajstić information content (AvgIpc) is 3.27. The van der Waals surface area contributed by atoms with Crippen molar-refractivity contribution in [2.45, 2.75) is 13.8 Å². The summed E-state index contributed by atoms with van der Waals surface area (Å²) in [4.78, 5) is 11.6. The summed E-state index contributed by atoms with van der Waals surface area (Å²) in [5, 5.41) is 8.90. The van der Waals surface area contributed by atoms with E-state index in [-0.39, 0.29) is 0 Å². The van der Waals surface area contributed by atoms with E-state index in [1.807, 2.05) is 12.1 Å². The number of aryl methyl sites for hydroxylation is 2. The Morgan fingerprint density at radius 2 is 2.21 bits per heavy atom. The van der Waals surface area contributed by atoms with Crippen LogP contribution in [0, 0.1) is 13.8 Å². The molecular formula is C16H17N5O2S. The van der Waals surface area contributed by atoms with E-state index in [1.54, 1.807) is 29.2 Å². The van der Waals surface area contributed by atoms with Crippen LogP contribution >= 0.6 is 11.3 Å². The van der Waals surface area contributed by atoms with Crippen LogP contribution < -0.4 is 5.32 Å². The molecule has 0 unspecified atom stereocenters. The number of furan rings is 1. The second-order valence-corrected chi connectivity index (χ2v) is 6.67. The number of aromatic nitrogens is 4. The van der Waals surface area contributed by atoms with Crippen molar-refractivity contribution in [1.82, 2.24) is 19.6 Å². The Kier molecular flexibility index (Phi) is 3.70. The largest absolute Gasteiger partial charge is 0.461 e. The van der Waals surface area contributed by atoms with Gasteiger partial charge in [0.2, 0.25) is 11.8 Å². The number of thiophene rings is 1. The van der Waals surface area contributed by atoms with Crippen LogP contribution in [0.4, 0.5) is 5.95 Å². The van der Waals surface area contributed by atoms with Crippen molar-refractivity contribution in [1.29, 1.82) is 0 Å². The molecule has 0 aromatic carbocycles. The van der Waals surface area contributed by atoms with E-state index in [0.717, 1.165) is 15.9 Å². The maximum atomic E-state index is 5.44. The van der Waals surface area contributed by atoms with Gasteiger partial charge in [0.05, 0.1) is 18.3 Å². The summed E-state index contributed by atoms with van der Waals surface area (Å²) in [6.45, 7) is 5.42. The van der Waals surface area contributed by atoms with Gasteiger partial charge in [-0.1, -0.05) is 0 Å². The van der Waals surface area contributed by atoms with E-state index in [1.165, 1.54) is 10.4 Å². The van der Waals surface area contributed by atoms with Gasteiger partial charge >= 0.3 is 0 Å². The van der Waals surface area contributed by atoms with Gasteiger partial charge < -0.3 is 14.5 Å². The second-order valence-electron chi connectivity index (χ2n) is 5.47. The van der Waals surface area contributed by atoms with E-state index in [0.29, 0.717) is 30.7 Å². The first kappa shape index (κ1) is 15.1. The third kappa shape index (κ3) is 2.35. The van der Waals surface area contributed by atoms with Crippen LogP contribution in [0.2, 0.25) is 0 Å². The minimum atomic E-state index is 0.548. The monoisotopic (exact) mass is 343 g/mol. The maximum absolute atomic E-state index is 5.44. The molecule has 0 aliphatic heterocycles. The number of ether oxygens (including phenoxy) is 1. The fourth-order valence-corrected chi connectivity index (χ4v) is 3.63. The molecule has 124 valence electrons. The van der Waals surface area contributed by atoms with Gasteiger partial charge in [0.25, 0.3) is 0 Å². The van der Waals surface area contributed by atoms with Crippen LogP contribution in [0.25, 0.3) is 27.4 Å². The van der Waals surface area contributed by atoms with Gasteiger partial charge in [0.15, 0.2) is 11.4 Å². The molecule has 0 saturated carbocycles. The molecule has 1 N–H and O–H groups in total. The minimum Gasteiger partial charge on any atom is -0.461 e. The number of hydrogen-bond donors (Lipinski definition) is 1. The van der Waals surface area contributed by atoms with Crippen LogP contribution in [-0.2, 0) is 4.74 Å². The fraction of sp³-hybridized carbons (Fsp3) is 0.312. The minimum absolute atomic E-state index is 0.548. The van der Waals surface area contributed by atoms with Gasteiger partial charge in [-0.3, -0.25) is 0 Å². The van der Waals surface area contributed by atoms with Crippen molar-refractivity contribution in [3.63, 3.8) is 0 Å². The first-order valence-electron chi connectivity index (χ1n) is 7.62. The van der Waals surface area contributed by atoms with Crippen molar-refractivity contribution in [3.05, 3.63) is 28.8 Å². The maximum Gasteiger partial charge on any atom is 0.227 e. The molecular weight excluding hydrogens is 326 g/mol. The van der Waals surface area contributed by atoms with Gasteiger partial charge in [-0.05, 0) is 31.5 Å². The number of methoxy groups -OCH3 is 1. The summed E-state index contributed by atoms with van der Waals surface area (Å²) in [5.74, 6) is 1.84. The molecule has 4 aromatic rings. The Morgan fingerprint density at radius 1 is 1.33 bits per heavy atom. The molecule has 0 radical (unpaired) electrons. The summed E-state index contributed by atoms with van der Waals surface area (Å²) in [5.41, 5.74) is 1.97. The van der Waals surface area contributed by atoms with Gasteiger partial charge in [-0.2, -0.15) is 4.52 Å². The lowest BCUT2D eigenvalue weighted by atomic mass is 10.2. The summed E-state index contributed by atoms with van der Waals surface area (Å²) in [6, 6.07) is 3.68. The lowest BCUT2D eigenvalue weighted by molar-refractivity contribution is 0.210. The molecule has 0 amide bonds. The number of anilines is 1. The van der Waals surface area contributed by atoms with Crippen LogP contribution in [0.15, 0.2) is 22.8 Å². The van der Waals surface area contributed by atoms with Crippen molar-refractivity contribution in [3.8, 4) is 11.6 Å². The summed E-state index contributed by atoms with van der Waals surface area (Å²) in [6.07, 6.45) is 1.62. The van der Waals surface area contributed by atoms with Crippen molar-refractivity contribution >= 4 is 33.1 Å². The molecule has 0 atom stereocenters. The lowest BCUT2D eigenvalue weighted by Crippen LogP contribution is -2.12. The van der Waals surface area contributed by atoms with E-state index >= 15 is 0 Å². The summed E-state index contributed by atoms with van der Waals surface area (Å²) in [7, 11) is 1.67. The average molecular weight is 343 g/mol. The number of nitrogens with one attached hydrogen (secondary N) is 1. The molecule has 4 aromatic heterocycles. The van der Waals surface area contributed by atoms with E-state index in [4.69, 9.17) is 19.1 Å². The van der Waals surface area contributed by atoms with E-state index in [2.05, 4.69) is 24.3 Å². The van der Waals surface area contributed by atoms with E-state index < -0.39 is 0 Å². The lowest BCUT2D eigenvalue weighted by Gasteiger charge is -2.07. The topological polar surface area (TPSA) is 77.5 Å². The standard InChI is InChI=1S/C16H17N5O2S/c1-9-10(2)24-15-12(9)14-18-13(11-5-4-7-23-11)20-21(14)16(19-15)17-6-8-22-3/h4-5,7H,6,8H2,1-3H3,(H,17,19). The number of nitrogens with zero attached hydrogens (tertiary/aromatic N) is 4. The van der Waals surface area contributed by atoms with Crippen LogP contribution in [0.3, 0.4) is 0 Å². The van der Waals surface area contributed by atoms with Crippen molar-refractivity contribution in [2.24, 2.45) is 0 Å². The van der Waals surface area contributed by atoms with Crippen LogP contribution in [0.5, 0.6) is 0 Å². The third-order valence-corrected chi connectivity index (χ3v) is 5.04. The Morgan fingerprint density at radius 3 is 2.96 bits per heavy atom. The number of hydrogen-bond acceptors (Lipinski definition) is 7. The first-order valence-corrected chi connectivity index (χ1v) is 8.44. The molecule has 24 heavy (non-hydrogen) atoms. The first-order chi connectivity index (χ1) is 11.7. The summed E-state index contributed by atoms with van der Waals surface area (Å²) >= 11 is 1.67. The Hall–Kier alpha value is -2.45.